The molecule has 0 heterocycles. The summed E-state index contributed by atoms with van der Waals surface area (Å²) < 4.78 is 10.9. The highest BCUT2D eigenvalue weighted by molar-refractivity contribution is 5.82. The number of carbonyl (C=O) groups excluding carboxylic acids is 1. The molecule has 1 aliphatic rings. The molecular formula is C16H23NO3. The maximum absolute atomic E-state index is 12.2. The average Bonchev–Trinajstić information content (AvgIpc) is 2.42. The van der Waals surface area contributed by atoms with Gasteiger partial charge in [0, 0.05) is 13.0 Å². The van der Waals surface area contributed by atoms with E-state index in [1.54, 1.807) is 6.92 Å². The first-order valence-corrected chi connectivity index (χ1v) is 7.30. The van der Waals surface area contributed by atoms with Crippen LogP contribution in [0.2, 0.25) is 0 Å². The maximum atomic E-state index is 12.2. The number of hydrogen-bond donors (Lipinski definition) is 1. The fraction of sp³-hybridized carbons (Fsp3) is 0.562. The van der Waals surface area contributed by atoms with Crippen molar-refractivity contribution in [2.24, 2.45) is 5.73 Å². The Labute approximate surface area is 120 Å². The lowest BCUT2D eigenvalue weighted by Crippen LogP contribution is -2.47. The topological polar surface area (TPSA) is 61.5 Å². The molecule has 4 heteroatoms. The molecule has 1 atom stereocenters. The highest BCUT2D eigenvalue weighted by Gasteiger charge is 2.37. The largest absolute Gasteiger partial charge is 0.464 e. The minimum absolute atomic E-state index is 0.327. The summed E-state index contributed by atoms with van der Waals surface area (Å²) >= 11 is 0. The summed E-state index contributed by atoms with van der Waals surface area (Å²) in [4.78, 5) is 12.2. The van der Waals surface area contributed by atoms with E-state index in [1.165, 1.54) is 6.42 Å². The van der Waals surface area contributed by atoms with E-state index in [-0.39, 0.29) is 5.97 Å². The summed E-state index contributed by atoms with van der Waals surface area (Å²) in [5, 5.41) is 0. The predicted molar refractivity (Wildman–Crippen MR) is 77.1 cm³/mol. The molecule has 0 spiro atoms. The van der Waals surface area contributed by atoms with Crippen molar-refractivity contribution in [2.45, 2.75) is 44.2 Å². The molecule has 20 heavy (non-hydrogen) atoms. The molecule has 0 saturated heterocycles. The van der Waals surface area contributed by atoms with Gasteiger partial charge in [-0.1, -0.05) is 30.3 Å². The molecule has 1 aromatic rings. The molecule has 1 unspecified atom stereocenters. The van der Waals surface area contributed by atoms with E-state index >= 15 is 0 Å². The molecule has 1 saturated carbocycles. The van der Waals surface area contributed by atoms with Crippen molar-refractivity contribution in [3.05, 3.63) is 35.9 Å². The van der Waals surface area contributed by atoms with Gasteiger partial charge in [-0.15, -0.1) is 0 Å². The van der Waals surface area contributed by atoms with Gasteiger partial charge >= 0.3 is 5.97 Å². The van der Waals surface area contributed by atoms with Crippen LogP contribution >= 0.6 is 0 Å². The number of ether oxygens (including phenoxy) is 2. The number of nitrogens with two attached hydrogens (primary N) is 1. The van der Waals surface area contributed by atoms with E-state index in [4.69, 9.17) is 15.2 Å². The normalized spacial score (nSPS) is 18.1. The minimum Gasteiger partial charge on any atom is -0.464 e. The van der Waals surface area contributed by atoms with Crippen LogP contribution in [-0.4, -0.2) is 25.3 Å². The van der Waals surface area contributed by atoms with Crippen molar-refractivity contribution >= 4 is 5.97 Å². The van der Waals surface area contributed by atoms with Crippen molar-refractivity contribution in [1.29, 1.82) is 0 Å². The summed E-state index contributed by atoms with van der Waals surface area (Å²) in [7, 11) is 0. The maximum Gasteiger partial charge on any atom is 0.330 e. The molecule has 0 amide bonds. The Kier molecular flexibility index (Phi) is 5.15. The molecule has 0 bridgehead atoms. The van der Waals surface area contributed by atoms with Gasteiger partial charge in [0.15, 0.2) is 0 Å². The van der Waals surface area contributed by atoms with E-state index in [9.17, 15) is 4.79 Å². The summed E-state index contributed by atoms with van der Waals surface area (Å²) in [6, 6.07) is 9.38. The third kappa shape index (κ3) is 3.38. The van der Waals surface area contributed by atoms with Crippen LogP contribution in [-0.2, 0) is 19.8 Å². The van der Waals surface area contributed by atoms with Crippen molar-refractivity contribution in [1.82, 2.24) is 0 Å². The second-order valence-electron chi connectivity index (χ2n) is 5.23. The predicted octanol–water partition coefficient (Wildman–Crippen LogP) is 2.36. The lowest BCUT2D eigenvalue weighted by atomic mass is 9.88. The number of carbonyl (C=O) groups is 1. The lowest BCUT2D eigenvalue weighted by molar-refractivity contribution is -0.151. The van der Waals surface area contributed by atoms with Gasteiger partial charge < -0.3 is 15.2 Å². The monoisotopic (exact) mass is 277 g/mol. The summed E-state index contributed by atoms with van der Waals surface area (Å²) in [5.74, 6) is -0.386. The third-order valence-corrected chi connectivity index (χ3v) is 3.83. The summed E-state index contributed by atoms with van der Waals surface area (Å²) in [5.41, 5.74) is 5.99. The van der Waals surface area contributed by atoms with Crippen LogP contribution < -0.4 is 5.73 Å². The van der Waals surface area contributed by atoms with Crippen molar-refractivity contribution < 1.29 is 14.3 Å². The molecule has 1 aromatic carbocycles. The molecular weight excluding hydrogens is 254 g/mol. The highest BCUT2D eigenvalue weighted by Crippen LogP contribution is 2.27. The molecule has 1 aliphatic carbocycles. The SMILES string of the molecule is CCOC(=O)C(N)(CCOC1CCC1)c1ccccc1. The van der Waals surface area contributed by atoms with E-state index in [2.05, 4.69) is 0 Å². The van der Waals surface area contributed by atoms with Crippen molar-refractivity contribution in [3.8, 4) is 0 Å². The summed E-state index contributed by atoms with van der Waals surface area (Å²) in [6.07, 6.45) is 4.24. The van der Waals surface area contributed by atoms with Crippen LogP contribution in [0.15, 0.2) is 30.3 Å². The lowest BCUT2D eigenvalue weighted by Gasteiger charge is -2.30. The highest BCUT2D eigenvalue weighted by atomic mass is 16.5. The minimum atomic E-state index is -1.12. The average molecular weight is 277 g/mol. The van der Waals surface area contributed by atoms with Crippen molar-refractivity contribution in [3.63, 3.8) is 0 Å². The fourth-order valence-electron chi connectivity index (χ4n) is 2.28. The van der Waals surface area contributed by atoms with E-state index < -0.39 is 5.54 Å². The number of benzene rings is 1. The number of hydrogen-bond acceptors (Lipinski definition) is 4. The van der Waals surface area contributed by atoms with Gasteiger partial charge in [-0.25, -0.2) is 4.79 Å². The molecule has 2 N–H and O–H groups in total. The number of esters is 1. The molecule has 0 aliphatic heterocycles. The zero-order valence-electron chi connectivity index (χ0n) is 12.0. The number of rotatable bonds is 7. The Morgan fingerprint density at radius 3 is 2.60 bits per heavy atom. The van der Waals surface area contributed by atoms with Gasteiger partial charge in [-0.2, -0.15) is 0 Å². The zero-order valence-corrected chi connectivity index (χ0v) is 12.0. The second-order valence-corrected chi connectivity index (χ2v) is 5.23. The van der Waals surface area contributed by atoms with E-state index in [0.717, 1.165) is 18.4 Å². The zero-order chi connectivity index (χ0) is 14.4. The van der Waals surface area contributed by atoms with Crippen LogP contribution in [0.1, 0.15) is 38.2 Å². The first-order valence-electron chi connectivity index (χ1n) is 7.30. The summed E-state index contributed by atoms with van der Waals surface area (Å²) in [6.45, 7) is 2.59. The molecule has 2 rings (SSSR count). The van der Waals surface area contributed by atoms with E-state index in [1.807, 2.05) is 30.3 Å². The Morgan fingerprint density at radius 1 is 1.35 bits per heavy atom. The smallest absolute Gasteiger partial charge is 0.330 e. The Morgan fingerprint density at radius 2 is 2.05 bits per heavy atom. The first kappa shape index (κ1) is 15.0. The van der Waals surface area contributed by atoms with Gasteiger partial charge in [0.1, 0.15) is 5.54 Å². The van der Waals surface area contributed by atoms with E-state index in [0.29, 0.717) is 25.7 Å². The molecule has 110 valence electrons. The van der Waals surface area contributed by atoms with Crippen LogP contribution in [0, 0.1) is 0 Å². The van der Waals surface area contributed by atoms with Gasteiger partial charge in [-0.05, 0) is 31.7 Å². The van der Waals surface area contributed by atoms with Gasteiger partial charge in [0.25, 0.3) is 0 Å². The van der Waals surface area contributed by atoms with Crippen LogP contribution in [0.3, 0.4) is 0 Å². The Hall–Kier alpha value is -1.39. The Balaban J connectivity index is 2.04. The Bertz CT molecular complexity index is 431. The van der Waals surface area contributed by atoms with Gasteiger partial charge in [-0.3, -0.25) is 0 Å². The van der Waals surface area contributed by atoms with Crippen molar-refractivity contribution in [2.75, 3.05) is 13.2 Å². The molecule has 0 radical (unpaired) electrons. The second kappa shape index (κ2) is 6.86. The first-order chi connectivity index (χ1) is 9.66. The molecule has 4 nitrogen and oxygen atoms in total. The molecule has 0 aromatic heterocycles. The third-order valence-electron chi connectivity index (χ3n) is 3.83. The standard InChI is InChI=1S/C16H23NO3/c1-2-19-15(18)16(17,13-7-4-3-5-8-13)11-12-20-14-9-6-10-14/h3-5,7-8,14H,2,6,9-12,17H2,1H3. The van der Waals surface area contributed by atoms with Crippen LogP contribution in [0.4, 0.5) is 0 Å². The van der Waals surface area contributed by atoms with Crippen LogP contribution in [0.25, 0.3) is 0 Å². The van der Waals surface area contributed by atoms with Gasteiger partial charge in [0.05, 0.1) is 12.7 Å². The molecule has 1 fully saturated rings. The fourth-order valence-corrected chi connectivity index (χ4v) is 2.28. The van der Waals surface area contributed by atoms with Crippen LogP contribution in [0.5, 0.6) is 0 Å². The quantitative estimate of drug-likeness (QED) is 0.777. The van der Waals surface area contributed by atoms with Gasteiger partial charge in [0.2, 0.25) is 0 Å².